The van der Waals surface area contributed by atoms with Crippen molar-refractivity contribution in [2.75, 3.05) is 0 Å². The van der Waals surface area contributed by atoms with Crippen molar-refractivity contribution in [3.8, 4) is 0 Å². The van der Waals surface area contributed by atoms with Gasteiger partial charge in [0.1, 0.15) is 11.9 Å². The van der Waals surface area contributed by atoms with Crippen LogP contribution in [0.5, 0.6) is 0 Å². The van der Waals surface area contributed by atoms with Crippen LogP contribution in [-0.2, 0) is 33.4 Å². The van der Waals surface area contributed by atoms with Crippen LogP contribution in [0.2, 0.25) is 0 Å². The fourth-order valence-electron chi connectivity index (χ4n) is 9.48. The van der Waals surface area contributed by atoms with Gasteiger partial charge in [-0.3, -0.25) is 14.4 Å². The first-order chi connectivity index (χ1) is 17.6. The largest absolute Gasteiger partial charge is 0.458 e. The summed E-state index contributed by atoms with van der Waals surface area (Å²) < 4.78 is 18.0. The molecule has 7 aliphatic rings. The summed E-state index contributed by atoms with van der Waals surface area (Å²) in [7, 11) is 0. The molecule has 4 bridgehead atoms. The summed E-state index contributed by atoms with van der Waals surface area (Å²) >= 11 is 0. The van der Waals surface area contributed by atoms with Gasteiger partial charge in [-0.05, 0) is 50.0 Å². The third-order valence-corrected chi connectivity index (χ3v) is 11.8. The Morgan fingerprint density at radius 3 is 2.50 bits per heavy atom. The molecule has 3 aliphatic carbocycles. The number of allylic oxidation sites excluding steroid dienone is 3. The van der Waals surface area contributed by atoms with Crippen molar-refractivity contribution in [1.82, 2.24) is 0 Å². The zero-order valence-corrected chi connectivity index (χ0v) is 21.7. The van der Waals surface area contributed by atoms with E-state index in [1.165, 1.54) is 13.0 Å². The van der Waals surface area contributed by atoms with Crippen LogP contribution in [-0.4, -0.2) is 73.6 Å². The lowest BCUT2D eigenvalue weighted by molar-refractivity contribution is -0.350. The number of hydrogen-bond donors (Lipinski definition) is 3. The minimum atomic E-state index is -2.67. The van der Waals surface area contributed by atoms with Gasteiger partial charge in [-0.15, -0.1) is 0 Å². The van der Waals surface area contributed by atoms with Crippen LogP contribution in [0, 0.1) is 34.5 Å². The lowest BCUT2D eigenvalue weighted by Crippen LogP contribution is -2.78. The molecule has 3 N–H and O–H groups in total. The van der Waals surface area contributed by atoms with Crippen molar-refractivity contribution >= 4 is 23.5 Å². The summed E-state index contributed by atoms with van der Waals surface area (Å²) in [5, 5.41) is 36.1. The van der Waals surface area contributed by atoms with Crippen LogP contribution in [0.4, 0.5) is 0 Å². The molecule has 1 spiro atoms. The van der Waals surface area contributed by atoms with Crippen molar-refractivity contribution in [2.24, 2.45) is 34.5 Å². The minimum absolute atomic E-state index is 0.0287. The van der Waals surface area contributed by atoms with E-state index in [1.807, 2.05) is 0 Å². The number of ketones is 2. The lowest BCUT2D eigenvalue weighted by atomic mass is 9.46. The highest BCUT2D eigenvalue weighted by atomic mass is 16.7. The van der Waals surface area contributed by atoms with Crippen LogP contribution >= 0.6 is 0 Å². The van der Waals surface area contributed by atoms with Gasteiger partial charge in [-0.25, -0.2) is 4.79 Å². The number of carbonyl (C=O) groups excluding carboxylic acids is 4. The topological polar surface area (TPSA) is 157 Å². The highest BCUT2D eigenvalue weighted by molar-refractivity contribution is 5.99. The molecule has 7 rings (SSSR count). The number of carbonyl (C=O) groups is 4. The number of aliphatic hydroxyl groups excluding tert-OH is 1. The molecule has 0 aromatic heterocycles. The number of Topliss-reactive ketones (excluding diaryl/α,β-unsaturated/α-hetero) is 2. The maximum Gasteiger partial charge on any atom is 0.342 e. The van der Waals surface area contributed by atoms with Crippen molar-refractivity contribution in [2.45, 2.75) is 88.2 Å². The normalized spacial score (nSPS) is 58.1. The number of rotatable bonds is 0. The molecule has 10 nitrogen and oxygen atoms in total. The van der Waals surface area contributed by atoms with E-state index >= 15 is 0 Å². The van der Waals surface area contributed by atoms with Crippen LogP contribution in [0.15, 0.2) is 23.8 Å². The van der Waals surface area contributed by atoms with Crippen molar-refractivity contribution in [3.05, 3.63) is 23.8 Å². The number of hydrogen-bond acceptors (Lipinski definition) is 10. The zero-order chi connectivity index (χ0) is 27.4. The molecule has 4 heterocycles. The minimum Gasteiger partial charge on any atom is -0.458 e. The first kappa shape index (κ1) is 24.6. The second-order valence-electron chi connectivity index (χ2n) is 13.1. The third kappa shape index (κ3) is 2.19. The monoisotopic (exact) mass is 528 g/mol. The lowest BCUT2D eigenvalue weighted by Gasteiger charge is -2.61. The Morgan fingerprint density at radius 1 is 1.08 bits per heavy atom. The van der Waals surface area contributed by atoms with E-state index in [-0.39, 0.29) is 31.5 Å². The van der Waals surface area contributed by atoms with Gasteiger partial charge in [0.2, 0.25) is 5.79 Å². The van der Waals surface area contributed by atoms with E-state index in [2.05, 4.69) is 0 Å². The van der Waals surface area contributed by atoms with Gasteiger partial charge in [-0.2, -0.15) is 0 Å². The van der Waals surface area contributed by atoms with Gasteiger partial charge in [0.15, 0.2) is 22.6 Å². The third-order valence-electron chi connectivity index (χ3n) is 11.8. The van der Waals surface area contributed by atoms with Gasteiger partial charge in [0.25, 0.3) is 0 Å². The first-order valence-electron chi connectivity index (χ1n) is 13.4. The van der Waals surface area contributed by atoms with E-state index in [0.29, 0.717) is 5.57 Å². The summed E-state index contributed by atoms with van der Waals surface area (Å²) in [5.74, 6) is -9.49. The molecular weight excluding hydrogens is 496 g/mol. The molecule has 4 saturated heterocycles. The first-order valence-corrected chi connectivity index (χ1v) is 13.4. The second kappa shape index (κ2) is 6.66. The molecule has 12 atom stereocenters. The Hall–Kier alpha value is -2.40. The highest BCUT2D eigenvalue weighted by Crippen LogP contribution is 2.73. The van der Waals surface area contributed by atoms with Crippen LogP contribution in [0.1, 0.15) is 53.4 Å². The molecule has 0 unspecified atom stereocenters. The van der Waals surface area contributed by atoms with E-state index in [4.69, 9.17) is 14.2 Å². The number of aliphatic hydroxyl groups is 3. The fourth-order valence-corrected chi connectivity index (χ4v) is 9.48. The predicted molar refractivity (Wildman–Crippen MR) is 126 cm³/mol. The maximum absolute atomic E-state index is 14.6. The molecule has 0 radical (unpaired) electrons. The highest BCUT2D eigenvalue weighted by Gasteiger charge is 2.92. The van der Waals surface area contributed by atoms with E-state index in [1.54, 1.807) is 32.9 Å². The quantitative estimate of drug-likeness (QED) is 0.379. The Kier molecular flexibility index (Phi) is 4.31. The molecular formula is C28H32O10. The molecule has 0 aromatic rings. The summed E-state index contributed by atoms with van der Waals surface area (Å²) in [6.07, 6.45) is 2.64. The molecule has 204 valence electrons. The Bertz CT molecular complexity index is 1300. The molecule has 0 amide bonds. The van der Waals surface area contributed by atoms with Crippen LogP contribution in [0.3, 0.4) is 0 Å². The number of ether oxygens (including phenoxy) is 3. The van der Waals surface area contributed by atoms with Crippen LogP contribution < -0.4 is 0 Å². The molecule has 10 heteroatoms. The maximum atomic E-state index is 14.6. The van der Waals surface area contributed by atoms with Gasteiger partial charge in [-0.1, -0.05) is 32.1 Å². The van der Waals surface area contributed by atoms with Crippen molar-refractivity contribution < 1.29 is 48.7 Å². The van der Waals surface area contributed by atoms with Gasteiger partial charge in [0, 0.05) is 6.42 Å². The Labute approximate surface area is 219 Å². The average molecular weight is 529 g/mol. The summed E-state index contributed by atoms with van der Waals surface area (Å²) in [6, 6.07) is 0. The number of esters is 2. The summed E-state index contributed by atoms with van der Waals surface area (Å²) in [5.41, 5.74) is -8.02. The molecule has 1 saturated carbocycles. The SMILES string of the molecule is C[C@@H]1C(=O)O[C@@H]2C[C@@]1(C)[C@@H]1C(=O)[C@]3(O)O[C@]14[C@@]2(C)OC(=O)[C@@]4(O)CC[C@H]1[C@H]3[C@@H](O)C=C2C=CCC(=O)[C@@]21C. The van der Waals surface area contributed by atoms with Crippen LogP contribution in [0.25, 0.3) is 0 Å². The average Bonchev–Trinajstić information content (AvgIpc) is 3.19. The standard InChI is InChI=1S/C28H32O10/c1-12-21(32)36-17-11-23(12,2)19-20(31)27(35)18-14(24(3)13(10-15(18)29)6-5-7-16(24)30)8-9-26(34)22(33)37-25(17,4)28(19,26)38-27/h5-6,10,12,14-15,17-19,29,34-35H,7-9,11H2,1-4H3/t12-,14+,15+,17-,18+,19+,23-,24+,25+,26+,27-,28+/m1/s1. The Morgan fingerprint density at radius 2 is 1.79 bits per heavy atom. The molecule has 5 fully saturated rings. The summed E-state index contributed by atoms with van der Waals surface area (Å²) in [6.45, 7) is 6.53. The van der Waals surface area contributed by atoms with E-state index in [9.17, 15) is 34.5 Å². The van der Waals surface area contributed by atoms with Crippen molar-refractivity contribution in [1.29, 1.82) is 0 Å². The predicted octanol–water partition coefficient (Wildman–Crippen LogP) is 0.510. The molecule has 38 heavy (non-hydrogen) atoms. The van der Waals surface area contributed by atoms with Gasteiger partial charge in [0.05, 0.1) is 29.3 Å². The molecule has 0 aromatic carbocycles. The molecule has 4 aliphatic heterocycles. The van der Waals surface area contributed by atoms with Gasteiger partial charge >= 0.3 is 11.9 Å². The summed E-state index contributed by atoms with van der Waals surface area (Å²) in [4.78, 5) is 54.6. The van der Waals surface area contributed by atoms with E-state index in [0.717, 1.165) is 0 Å². The fraction of sp³-hybridized carbons (Fsp3) is 0.714. The van der Waals surface area contributed by atoms with Gasteiger partial charge < -0.3 is 29.5 Å². The number of fused-ring (bicyclic) bond motifs is 9. The van der Waals surface area contributed by atoms with E-state index < -0.39 is 87.0 Å². The van der Waals surface area contributed by atoms with Crippen molar-refractivity contribution in [3.63, 3.8) is 0 Å². The zero-order valence-electron chi connectivity index (χ0n) is 21.7. The Balaban J connectivity index is 1.52. The second-order valence-corrected chi connectivity index (χ2v) is 13.1. The smallest absolute Gasteiger partial charge is 0.342 e.